The van der Waals surface area contributed by atoms with Gasteiger partial charge in [-0.2, -0.15) is 4.98 Å². The number of methoxy groups -OCH3 is 2. The zero-order valence-electron chi connectivity index (χ0n) is 13.8. The summed E-state index contributed by atoms with van der Waals surface area (Å²) in [7, 11) is 3.17. The van der Waals surface area contributed by atoms with E-state index in [1.807, 2.05) is 54.6 Å². The quantitative estimate of drug-likeness (QED) is 0.563. The lowest BCUT2D eigenvalue weighted by Crippen LogP contribution is -1.94. The fraction of sp³-hybridized carbons (Fsp3) is 0.105. The summed E-state index contributed by atoms with van der Waals surface area (Å²) >= 11 is 0. The first kappa shape index (κ1) is 15.1. The summed E-state index contributed by atoms with van der Waals surface area (Å²) in [5.74, 6) is 1.91. The molecule has 4 aromatic rings. The van der Waals surface area contributed by atoms with Crippen molar-refractivity contribution in [1.29, 1.82) is 0 Å². The predicted octanol–water partition coefficient (Wildman–Crippen LogP) is 3.97. The Labute approximate surface area is 144 Å². The second-order valence-corrected chi connectivity index (χ2v) is 5.36. The highest BCUT2D eigenvalue weighted by atomic mass is 16.5. The molecule has 6 nitrogen and oxygen atoms in total. The first-order chi connectivity index (χ1) is 12.3. The van der Waals surface area contributed by atoms with Crippen LogP contribution in [-0.4, -0.2) is 29.3 Å². The smallest absolute Gasteiger partial charge is 0.262 e. The average molecular weight is 333 g/mol. The van der Waals surface area contributed by atoms with E-state index in [2.05, 4.69) is 15.1 Å². The van der Waals surface area contributed by atoms with Crippen molar-refractivity contribution in [2.24, 2.45) is 0 Å². The molecule has 6 heteroatoms. The Morgan fingerprint density at radius 2 is 1.64 bits per heavy atom. The fourth-order valence-corrected chi connectivity index (χ4v) is 2.68. The van der Waals surface area contributed by atoms with Gasteiger partial charge in [0, 0.05) is 5.39 Å². The van der Waals surface area contributed by atoms with Crippen molar-refractivity contribution in [3.63, 3.8) is 0 Å². The van der Waals surface area contributed by atoms with E-state index in [4.69, 9.17) is 14.0 Å². The highest BCUT2D eigenvalue weighted by molar-refractivity contribution is 5.85. The number of fused-ring (bicyclic) bond motifs is 1. The van der Waals surface area contributed by atoms with Crippen LogP contribution in [0, 0.1) is 0 Å². The maximum Gasteiger partial charge on any atom is 0.262 e. The molecule has 0 N–H and O–H groups in total. The van der Waals surface area contributed by atoms with E-state index >= 15 is 0 Å². The molecule has 0 aliphatic carbocycles. The van der Waals surface area contributed by atoms with Crippen molar-refractivity contribution in [1.82, 2.24) is 15.1 Å². The minimum Gasteiger partial charge on any atom is -0.496 e. The molecule has 0 atom stereocenters. The highest BCUT2D eigenvalue weighted by Crippen LogP contribution is 2.33. The van der Waals surface area contributed by atoms with Gasteiger partial charge in [-0.3, -0.25) is 0 Å². The number of benzene rings is 2. The third kappa shape index (κ3) is 2.67. The van der Waals surface area contributed by atoms with Crippen LogP contribution in [0.5, 0.6) is 11.6 Å². The summed E-state index contributed by atoms with van der Waals surface area (Å²) in [5, 5.41) is 5.07. The highest BCUT2D eigenvalue weighted by Gasteiger charge is 2.18. The molecule has 2 aromatic heterocycles. The van der Waals surface area contributed by atoms with Crippen LogP contribution in [0.15, 0.2) is 59.1 Å². The van der Waals surface area contributed by atoms with Crippen LogP contribution in [0.25, 0.3) is 33.7 Å². The van der Waals surface area contributed by atoms with Crippen LogP contribution in [0.1, 0.15) is 0 Å². The molecular weight excluding hydrogens is 318 g/mol. The second kappa shape index (κ2) is 6.24. The van der Waals surface area contributed by atoms with Gasteiger partial charge in [-0.15, -0.1) is 0 Å². The van der Waals surface area contributed by atoms with E-state index in [0.29, 0.717) is 28.9 Å². The lowest BCUT2D eigenvalue weighted by Gasteiger charge is -2.06. The van der Waals surface area contributed by atoms with Gasteiger partial charge in [0.1, 0.15) is 5.75 Å². The third-order valence-electron chi connectivity index (χ3n) is 3.89. The monoisotopic (exact) mass is 333 g/mol. The van der Waals surface area contributed by atoms with Gasteiger partial charge < -0.3 is 14.0 Å². The summed E-state index contributed by atoms with van der Waals surface area (Å²) in [6, 6.07) is 17.2. The molecular formula is C19H15N3O3. The van der Waals surface area contributed by atoms with Crippen LogP contribution in [0.3, 0.4) is 0 Å². The van der Waals surface area contributed by atoms with Gasteiger partial charge >= 0.3 is 0 Å². The van der Waals surface area contributed by atoms with E-state index in [1.54, 1.807) is 14.2 Å². The topological polar surface area (TPSA) is 70.3 Å². The molecule has 2 heterocycles. The van der Waals surface area contributed by atoms with Crippen LogP contribution < -0.4 is 9.47 Å². The van der Waals surface area contributed by atoms with Gasteiger partial charge in [0.2, 0.25) is 11.7 Å². The summed E-state index contributed by atoms with van der Waals surface area (Å²) in [4.78, 5) is 9.01. The molecule has 4 rings (SSSR count). The number of aromatic nitrogens is 3. The Morgan fingerprint density at radius 3 is 2.48 bits per heavy atom. The minimum absolute atomic E-state index is 0.377. The molecule has 0 saturated heterocycles. The van der Waals surface area contributed by atoms with Crippen molar-refractivity contribution >= 4 is 10.9 Å². The Bertz CT molecular complexity index is 1040. The van der Waals surface area contributed by atoms with Crippen LogP contribution in [0.4, 0.5) is 0 Å². The second-order valence-electron chi connectivity index (χ2n) is 5.36. The molecule has 2 aromatic carbocycles. The van der Waals surface area contributed by atoms with Crippen molar-refractivity contribution in [2.45, 2.75) is 0 Å². The van der Waals surface area contributed by atoms with Crippen molar-refractivity contribution < 1.29 is 14.0 Å². The minimum atomic E-state index is 0.377. The Morgan fingerprint density at radius 1 is 0.840 bits per heavy atom. The maximum absolute atomic E-state index is 5.43. The van der Waals surface area contributed by atoms with Crippen molar-refractivity contribution in [3.8, 4) is 34.5 Å². The summed E-state index contributed by atoms with van der Waals surface area (Å²) in [6.07, 6.45) is 0. The molecule has 0 aliphatic heterocycles. The SMILES string of the molecule is COc1ccccc1-c1nc(-c2cc3ccccc3nc2OC)no1. The Balaban J connectivity index is 1.83. The number of hydrogen-bond donors (Lipinski definition) is 0. The molecule has 25 heavy (non-hydrogen) atoms. The van der Waals surface area contributed by atoms with Gasteiger partial charge in [0.15, 0.2) is 0 Å². The van der Waals surface area contributed by atoms with Gasteiger partial charge in [0.05, 0.1) is 30.9 Å². The van der Waals surface area contributed by atoms with Crippen molar-refractivity contribution in [2.75, 3.05) is 14.2 Å². The van der Waals surface area contributed by atoms with Gasteiger partial charge in [-0.1, -0.05) is 35.5 Å². The fourth-order valence-electron chi connectivity index (χ4n) is 2.68. The number of para-hydroxylation sites is 2. The molecule has 0 spiro atoms. The van der Waals surface area contributed by atoms with Gasteiger partial charge in [-0.05, 0) is 24.3 Å². The number of ether oxygens (including phenoxy) is 2. The lowest BCUT2D eigenvalue weighted by molar-refractivity contribution is 0.398. The Hall–Kier alpha value is -3.41. The molecule has 0 unspecified atom stereocenters. The van der Waals surface area contributed by atoms with Crippen molar-refractivity contribution in [3.05, 3.63) is 54.6 Å². The van der Waals surface area contributed by atoms with Crippen LogP contribution >= 0.6 is 0 Å². The first-order valence-corrected chi connectivity index (χ1v) is 7.71. The largest absolute Gasteiger partial charge is 0.496 e. The number of rotatable bonds is 4. The van der Waals surface area contributed by atoms with Gasteiger partial charge in [-0.25, -0.2) is 4.98 Å². The first-order valence-electron chi connectivity index (χ1n) is 7.71. The zero-order valence-corrected chi connectivity index (χ0v) is 13.8. The number of pyridine rings is 1. The van der Waals surface area contributed by atoms with Gasteiger partial charge in [0.25, 0.3) is 5.89 Å². The standard InChI is InChI=1S/C19H15N3O3/c1-23-16-10-6-4-8-13(16)19-21-17(22-25-19)14-11-12-7-3-5-9-15(12)20-18(14)24-2/h3-11H,1-2H3. The normalized spacial score (nSPS) is 10.8. The maximum atomic E-state index is 5.43. The predicted molar refractivity (Wildman–Crippen MR) is 93.6 cm³/mol. The average Bonchev–Trinajstić information content (AvgIpc) is 3.16. The van der Waals surface area contributed by atoms with E-state index in [1.165, 1.54) is 0 Å². The molecule has 0 bridgehead atoms. The summed E-state index contributed by atoms with van der Waals surface area (Å²) in [5.41, 5.74) is 2.25. The molecule has 0 fully saturated rings. The molecule has 0 radical (unpaired) electrons. The molecule has 124 valence electrons. The van der Waals surface area contributed by atoms with E-state index in [-0.39, 0.29) is 0 Å². The molecule has 0 saturated carbocycles. The Kier molecular flexibility index (Phi) is 3.78. The van der Waals surface area contributed by atoms with E-state index in [9.17, 15) is 0 Å². The van der Waals surface area contributed by atoms with Crippen LogP contribution in [-0.2, 0) is 0 Å². The summed E-state index contributed by atoms with van der Waals surface area (Å²) < 4.78 is 16.2. The van der Waals surface area contributed by atoms with E-state index < -0.39 is 0 Å². The zero-order chi connectivity index (χ0) is 17.2. The molecule has 0 aliphatic rings. The van der Waals surface area contributed by atoms with E-state index in [0.717, 1.165) is 16.5 Å². The molecule has 0 amide bonds. The lowest BCUT2D eigenvalue weighted by atomic mass is 10.1. The third-order valence-corrected chi connectivity index (χ3v) is 3.89. The number of hydrogen-bond acceptors (Lipinski definition) is 6. The van der Waals surface area contributed by atoms with Crippen LogP contribution in [0.2, 0.25) is 0 Å². The summed E-state index contributed by atoms with van der Waals surface area (Å²) in [6.45, 7) is 0. The number of nitrogens with zero attached hydrogens (tertiary/aromatic N) is 3.